The summed E-state index contributed by atoms with van der Waals surface area (Å²) in [5.74, 6) is 0.605. The van der Waals surface area contributed by atoms with Gasteiger partial charge < -0.3 is 9.47 Å². The normalized spacial score (nSPS) is 15.2. The fraction of sp³-hybridized carbons (Fsp3) is 0.125. The zero-order chi connectivity index (χ0) is 27.9. The lowest BCUT2D eigenvalue weighted by atomic mass is 10.1. The summed E-state index contributed by atoms with van der Waals surface area (Å²) in [6, 6.07) is 30.1. The molecule has 1 saturated heterocycles. The fourth-order valence-corrected chi connectivity index (χ4v) is 5.91. The first-order valence-corrected chi connectivity index (χ1v) is 14.5. The lowest BCUT2D eigenvalue weighted by Crippen LogP contribution is -2.28. The zero-order valence-corrected chi connectivity index (χ0v) is 24.7. The summed E-state index contributed by atoms with van der Waals surface area (Å²) >= 11 is 3.53. The van der Waals surface area contributed by atoms with Crippen LogP contribution in [0, 0.1) is 9.39 Å². The summed E-state index contributed by atoms with van der Waals surface area (Å²) in [7, 11) is 1.56. The Morgan fingerprint density at radius 1 is 0.950 bits per heavy atom. The minimum atomic E-state index is -0.320. The highest BCUT2D eigenvalue weighted by atomic mass is 127. The summed E-state index contributed by atoms with van der Waals surface area (Å²) in [6.45, 7) is 0.986. The van der Waals surface area contributed by atoms with Gasteiger partial charge in [0.1, 0.15) is 12.4 Å². The van der Waals surface area contributed by atoms with Gasteiger partial charge in [0.15, 0.2) is 16.7 Å². The molecule has 4 aromatic rings. The van der Waals surface area contributed by atoms with Gasteiger partial charge in [-0.3, -0.25) is 14.7 Å². The molecule has 8 heteroatoms. The van der Waals surface area contributed by atoms with Gasteiger partial charge in [-0.15, -0.1) is 0 Å². The Bertz CT molecular complexity index is 1560. The van der Waals surface area contributed by atoms with Crippen molar-refractivity contribution in [3.8, 4) is 11.5 Å². The van der Waals surface area contributed by atoms with E-state index >= 15 is 0 Å². The third kappa shape index (κ3) is 6.74. The molecule has 0 spiro atoms. The van der Waals surface area contributed by atoms with Gasteiger partial charge in [-0.2, -0.15) is 0 Å². The highest BCUT2D eigenvalue weighted by Crippen LogP contribution is 2.38. The molecule has 40 heavy (non-hydrogen) atoms. The Kier molecular flexibility index (Phi) is 9.18. The summed E-state index contributed by atoms with van der Waals surface area (Å²) in [5, 5.41) is 0.662. The van der Waals surface area contributed by atoms with Crippen molar-refractivity contribution in [3.05, 3.63) is 134 Å². The SMILES string of the molecule is COc1cc(/C=C2/SC(=NCc3ccccc3)N(Cc3ccccc3)C2=O)cc(I)c1OCc1ccccc1F. The van der Waals surface area contributed by atoms with Gasteiger partial charge in [0.25, 0.3) is 5.91 Å². The van der Waals surface area contributed by atoms with Crippen molar-refractivity contribution in [2.45, 2.75) is 19.7 Å². The molecule has 0 saturated carbocycles. The number of aliphatic imine (C=N–C) groups is 1. The highest BCUT2D eigenvalue weighted by molar-refractivity contribution is 14.1. The number of nitrogens with zero attached hydrogens (tertiary/aromatic N) is 2. The predicted molar refractivity (Wildman–Crippen MR) is 167 cm³/mol. The summed E-state index contributed by atoms with van der Waals surface area (Å²) in [6.07, 6.45) is 1.85. The third-order valence-corrected chi connectivity index (χ3v) is 8.04. The number of benzene rings is 4. The molecule has 1 fully saturated rings. The van der Waals surface area contributed by atoms with E-state index in [-0.39, 0.29) is 18.3 Å². The molecule has 5 rings (SSSR count). The molecule has 0 atom stereocenters. The summed E-state index contributed by atoms with van der Waals surface area (Å²) in [4.78, 5) is 20.7. The van der Waals surface area contributed by atoms with Gasteiger partial charge in [0.05, 0.1) is 28.7 Å². The fourth-order valence-electron chi connectivity index (χ4n) is 4.15. The maximum absolute atomic E-state index is 14.1. The number of carbonyl (C=O) groups excluding carboxylic acids is 1. The van der Waals surface area contributed by atoms with E-state index in [0.29, 0.717) is 40.2 Å². The minimum Gasteiger partial charge on any atom is -0.493 e. The van der Waals surface area contributed by atoms with Crippen LogP contribution in [0.5, 0.6) is 11.5 Å². The van der Waals surface area contributed by atoms with Crippen LogP contribution < -0.4 is 9.47 Å². The maximum Gasteiger partial charge on any atom is 0.267 e. The number of thioether (sulfide) groups is 1. The third-order valence-electron chi connectivity index (χ3n) is 6.19. The van der Waals surface area contributed by atoms with Gasteiger partial charge in [0.2, 0.25) is 0 Å². The number of methoxy groups -OCH3 is 1. The Morgan fingerprint density at radius 3 is 2.33 bits per heavy atom. The van der Waals surface area contributed by atoms with E-state index in [1.807, 2.05) is 78.9 Å². The Balaban J connectivity index is 1.41. The van der Waals surface area contributed by atoms with Crippen LogP contribution in [0.2, 0.25) is 0 Å². The van der Waals surface area contributed by atoms with E-state index in [9.17, 15) is 9.18 Å². The van der Waals surface area contributed by atoms with Crippen LogP contribution >= 0.6 is 34.4 Å². The zero-order valence-electron chi connectivity index (χ0n) is 21.7. The van der Waals surface area contributed by atoms with Crippen LogP contribution in [0.25, 0.3) is 6.08 Å². The van der Waals surface area contributed by atoms with Gasteiger partial charge in [-0.05, 0) is 75.3 Å². The average molecular weight is 665 g/mol. The molecular weight excluding hydrogens is 638 g/mol. The molecule has 0 radical (unpaired) electrons. The number of hydrogen-bond acceptors (Lipinski definition) is 5. The van der Waals surface area contributed by atoms with Crippen molar-refractivity contribution < 1.29 is 18.7 Å². The van der Waals surface area contributed by atoms with Crippen LogP contribution in [0.3, 0.4) is 0 Å². The van der Waals surface area contributed by atoms with Crippen LogP contribution in [0.1, 0.15) is 22.3 Å². The van der Waals surface area contributed by atoms with E-state index in [4.69, 9.17) is 14.5 Å². The first-order valence-electron chi connectivity index (χ1n) is 12.6. The van der Waals surface area contributed by atoms with E-state index in [0.717, 1.165) is 20.3 Å². The van der Waals surface area contributed by atoms with E-state index in [1.165, 1.54) is 17.8 Å². The van der Waals surface area contributed by atoms with E-state index in [1.54, 1.807) is 30.2 Å². The van der Waals surface area contributed by atoms with E-state index in [2.05, 4.69) is 22.6 Å². The monoisotopic (exact) mass is 664 g/mol. The van der Waals surface area contributed by atoms with Gasteiger partial charge in [-0.25, -0.2) is 4.39 Å². The average Bonchev–Trinajstić information content (AvgIpc) is 3.26. The first-order chi connectivity index (χ1) is 19.5. The second-order valence-corrected chi connectivity index (χ2v) is 11.2. The molecular formula is C32H26FIN2O3S. The predicted octanol–water partition coefficient (Wildman–Crippen LogP) is 7.69. The first kappa shape index (κ1) is 27.9. The molecule has 1 aliphatic rings. The molecule has 1 amide bonds. The van der Waals surface area contributed by atoms with Crippen LogP contribution in [-0.4, -0.2) is 23.1 Å². The van der Waals surface area contributed by atoms with Crippen molar-refractivity contribution >= 4 is 51.5 Å². The quantitative estimate of drug-likeness (QED) is 0.136. The molecule has 4 aromatic carbocycles. The Hall–Kier alpha value is -3.63. The number of amidine groups is 1. The van der Waals surface area contributed by atoms with Crippen molar-refractivity contribution in [1.82, 2.24) is 4.90 Å². The molecule has 0 aliphatic carbocycles. The lowest BCUT2D eigenvalue weighted by molar-refractivity contribution is -0.122. The number of rotatable bonds is 9. The van der Waals surface area contributed by atoms with Gasteiger partial charge >= 0.3 is 0 Å². The second-order valence-electron chi connectivity index (χ2n) is 8.99. The molecule has 0 bridgehead atoms. The van der Waals surface area contributed by atoms with Crippen molar-refractivity contribution in [3.63, 3.8) is 0 Å². The number of ether oxygens (including phenoxy) is 2. The maximum atomic E-state index is 14.1. The minimum absolute atomic E-state index is 0.0729. The smallest absolute Gasteiger partial charge is 0.267 e. The van der Waals surface area contributed by atoms with Gasteiger partial charge in [-0.1, -0.05) is 78.9 Å². The largest absolute Gasteiger partial charge is 0.493 e. The molecule has 5 nitrogen and oxygen atoms in total. The number of amides is 1. The number of carbonyl (C=O) groups is 1. The van der Waals surface area contributed by atoms with Crippen molar-refractivity contribution in [2.24, 2.45) is 4.99 Å². The molecule has 202 valence electrons. The van der Waals surface area contributed by atoms with Crippen molar-refractivity contribution in [1.29, 1.82) is 0 Å². The number of hydrogen-bond donors (Lipinski definition) is 0. The standard InChI is InChI=1S/C32H26FIN2O3S/c1-38-28-17-24(16-27(34)30(28)39-21-25-14-8-9-15-26(25)33)18-29-31(37)36(20-23-12-6-3-7-13-23)32(40-29)35-19-22-10-4-2-5-11-22/h2-18H,19-21H2,1H3/b29-18+,35-32?. The molecule has 0 aromatic heterocycles. The topological polar surface area (TPSA) is 51.1 Å². The Labute approximate surface area is 250 Å². The van der Waals surface area contributed by atoms with Gasteiger partial charge in [0, 0.05) is 5.56 Å². The van der Waals surface area contributed by atoms with Crippen molar-refractivity contribution in [2.75, 3.05) is 7.11 Å². The lowest BCUT2D eigenvalue weighted by Gasteiger charge is -2.16. The summed E-state index contributed by atoms with van der Waals surface area (Å²) < 4.78 is 26.4. The number of halogens is 2. The molecule has 1 heterocycles. The highest BCUT2D eigenvalue weighted by Gasteiger charge is 2.33. The molecule has 0 N–H and O–H groups in total. The van der Waals surface area contributed by atoms with Crippen LogP contribution in [0.15, 0.2) is 107 Å². The molecule has 1 aliphatic heterocycles. The Morgan fingerprint density at radius 2 is 1.62 bits per heavy atom. The summed E-state index contributed by atoms with van der Waals surface area (Å²) in [5.41, 5.74) is 3.35. The van der Waals surface area contributed by atoms with Crippen LogP contribution in [-0.2, 0) is 24.5 Å². The second kappa shape index (κ2) is 13.1. The van der Waals surface area contributed by atoms with E-state index < -0.39 is 0 Å². The van der Waals surface area contributed by atoms with Crippen LogP contribution in [0.4, 0.5) is 4.39 Å². The molecule has 0 unspecified atom stereocenters.